The highest BCUT2D eigenvalue weighted by Gasteiger charge is 2.27. The topological polar surface area (TPSA) is 93.0 Å². The molecule has 0 aliphatic carbocycles. The van der Waals surface area contributed by atoms with Gasteiger partial charge in [0.1, 0.15) is 17.7 Å². The Balaban J connectivity index is 1.04. The Hall–Kier alpha value is -3.95. The minimum Gasteiger partial charge on any atom is -0.478 e. The van der Waals surface area contributed by atoms with E-state index in [2.05, 4.69) is 50.8 Å². The Morgan fingerprint density at radius 1 is 0.975 bits per heavy atom. The van der Waals surface area contributed by atoms with Crippen LogP contribution >= 0.6 is 0 Å². The van der Waals surface area contributed by atoms with Crippen molar-refractivity contribution in [2.24, 2.45) is 0 Å². The van der Waals surface area contributed by atoms with E-state index in [0.29, 0.717) is 13.1 Å². The van der Waals surface area contributed by atoms with Crippen LogP contribution in [0.2, 0.25) is 0 Å². The summed E-state index contributed by atoms with van der Waals surface area (Å²) in [5.41, 5.74) is 4.33. The highest BCUT2D eigenvalue weighted by Crippen LogP contribution is 2.35. The first-order chi connectivity index (χ1) is 19.6. The van der Waals surface area contributed by atoms with E-state index in [1.54, 1.807) is 12.1 Å². The standard InChI is InChI=1S/C31H33N5O4/c37-31(38)23-6-9-25-26(18-23)36(19-24-12-17-39-24)29(32-25)20-34-13-15-35(16-14-34)28-11-8-22-7-10-27(40-30(22)33-28)21-4-2-1-3-5-21/h1-6,8-9,11,18,24,27H,7,10,12-17,19-20H2,(H,37,38). The maximum absolute atomic E-state index is 11.6. The fourth-order valence-electron chi connectivity index (χ4n) is 5.91. The molecule has 2 aromatic heterocycles. The number of carboxylic acids is 1. The molecule has 2 atom stereocenters. The number of benzene rings is 2. The zero-order chi connectivity index (χ0) is 27.1. The molecule has 2 saturated heterocycles. The number of carboxylic acid groups (broad SMARTS) is 1. The maximum atomic E-state index is 11.6. The number of imidazole rings is 1. The summed E-state index contributed by atoms with van der Waals surface area (Å²) < 4.78 is 14.2. The van der Waals surface area contributed by atoms with Crippen molar-refractivity contribution < 1.29 is 19.4 Å². The number of nitrogens with zero attached hydrogens (tertiary/aromatic N) is 5. The molecule has 0 amide bonds. The number of carbonyl (C=O) groups is 1. The van der Waals surface area contributed by atoms with Gasteiger partial charge in [-0.3, -0.25) is 4.90 Å². The third-order valence-electron chi connectivity index (χ3n) is 8.34. The molecule has 2 unspecified atom stereocenters. The van der Waals surface area contributed by atoms with Crippen LogP contribution in [0.1, 0.15) is 46.3 Å². The number of anilines is 1. The normalized spacial score (nSPS) is 21.1. The van der Waals surface area contributed by atoms with E-state index >= 15 is 0 Å². The number of hydrogen-bond acceptors (Lipinski definition) is 7. The Morgan fingerprint density at radius 2 is 1.80 bits per heavy atom. The minimum atomic E-state index is -0.927. The van der Waals surface area contributed by atoms with Gasteiger partial charge < -0.3 is 24.0 Å². The predicted molar refractivity (Wildman–Crippen MR) is 151 cm³/mol. The summed E-state index contributed by atoms with van der Waals surface area (Å²) in [5, 5.41) is 9.51. The molecule has 3 aliphatic rings. The molecule has 3 aliphatic heterocycles. The molecule has 2 aromatic carbocycles. The van der Waals surface area contributed by atoms with E-state index in [1.807, 2.05) is 12.1 Å². The lowest BCUT2D eigenvalue weighted by Crippen LogP contribution is -2.46. The lowest BCUT2D eigenvalue weighted by atomic mass is 9.99. The second-order valence-electron chi connectivity index (χ2n) is 10.9. The quantitative estimate of drug-likeness (QED) is 0.372. The fraction of sp³-hybridized carbons (Fsp3) is 0.387. The number of aromatic carboxylic acids is 1. The number of fused-ring (bicyclic) bond motifs is 2. The Bertz CT molecular complexity index is 1530. The number of rotatable bonds is 7. The summed E-state index contributed by atoms with van der Waals surface area (Å²) in [6.45, 7) is 5.68. The highest BCUT2D eigenvalue weighted by molar-refractivity contribution is 5.92. The maximum Gasteiger partial charge on any atom is 0.335 e. The van der Waals surface area contributed by atoms with E-state index in [1.165, 1.54) is 11.1 Å². The number of aromatic nitrogens is 3. The van der Waals surface area contributed by atoms with Crippen LogP contribution < -0.4 is 9.64 Å². The first-order valence-corrected chi connectivity index (χ1v) is 14.1. The molecular weight excluding hydrogens is 506 g/mol. The zero-order valence-electron chi connectivity index (χ0n) is 22.4. The molecular formula is C31H33N5O4. The zero-order valence-corrected chi connectivity index (χ0v) is 22.4. The van der Waals surface area contributed by atoms with Crippen molar-refractivity contribution in [2.75, 3.05) is 37.7 Å². The Kier molecular flexibility index (Phi) is 6.61. The summed E-state index contributed by atoms with van der Waals surface area (Å²) in [5.74, 6) is 1.74. The van der Waals surface area contributed by atoms with Crippen LogP contribution in [-0.4, -0.2) is 69.4 Å². The van der Waals surface area contributed by atoms with E-state index in [4.69, 9.17) is 19.4 Å². The predicted octanol–water partition coefficient (Wildman–Crippen LogP) is 4.31. The molecule has 9 heteroatoms. The summed E-state index contributed by atoms with van der Waals surface area (Å²) in [6, 6.07) is 19.9. The highest BCUT2D eigenvalue weighted by atomic mass is 16.5. The van der Waals surface area contributed by atoms with Gasteiger partial charge in [0, 0.05) is 38.3 Å². The third kappa shape index (κ3) is 4.91. The molecule has 206 valence electrons. The van der Waals surface area contributed by atoms with Crippen molar-refractivity contribution in [3.05, 3.63) is 83.2 Å². The van der Waals surface area contributed by atoms with Gasteiger partial charge in [0.05, 0.1) is 35.8 Å². The van der Waals surface area contributed by atoms with E-state index in [0.717, 1.165) is 80.6 Å². The largest absolute Gasteiger partial charge is 0.478 e. The van der Waals surface area contributed by atoms with Crippen molar-refractivity contribution >= 4 is 22.8 Å². The van der Waals surface area contributed by atoms with Crippen LogP contribution in [0.4, 0.5) is 5.82 Å². The molecule has 0 bridgehead atoms. The molecule has 4 aromatic rings. The molecule has 1 N–H and O–H groups in total. The number of pyridine rings is 1. The van der Waals surface area contributed by atoms with Gasteiger partial charge in [-0.25, -0.2) is 9.78 Å². The van der Waals surface area contributed by atoms with Crippen molar-refractivity contribution in [3.63, 3.8) is 0 Å². The average Bonchev–Trinajstić information content (AvgIpc) is 3.31. The monoisotopic (exact) mass is 539 g/mol. The molecule has 0 saturated carbocycles. The third-order valence-corrected chi connectivity index (χ3v) is 8.34. The van der Waals surface area contributed by atoms with Crippen molar-refractivity contribution in [1.29, 1.82) is 0 Å². The van der Waals surface area contributed by atoms with E-state index in [-0.39, 0.29) is 17.8 Å². The van der Waals surface area contributed by atoms with Crippen LogP contribution in [0, 0.1) is 0 Å². The summed E-state index contributed by atoms with van der Waals surface area (Å²) in [4.78, 5) is 26.2. The van der Waals surface area contributed by atoms with Crippen LogP contribution in [0.5, 0.6) is 5.88 Å². The number of aryl methyl sites for hydroxylation is 1. The summed E-state index contributed by atoms with van der Waals surface area (Å²) in [6.07, 6.45) is 3.15. The van der Waals surface area contributed by atoms with Crippen molar-refractivity contribution in [1.82, 2.24) is 19.4 Å². The van der Waals surface area contributed by atoms with Gasteiger partial charge in [0.15, 0.2) is 0 Å². The molecule has 40 heavy (non-hydrogen) atoms. The van der Waals surface area contributed by atoms with Gasteiger partial charge in [-0.15, -0.1) is 0 Å². The van der Waals surface area contributed by atoms with E-state index in [9.17, 15) is 9.90 Å². The molecule has 2 fully saturated rings. The molecule has 7 rings (SSSR count). The van der Waals surface area contributed by atoms with Crippen LogP contribution in [0.15, 0.2) is 60.7 Å². The number of piperazine rings is 1. The fourth-order valence-corrected chi connectivity index (χ4v) is 5.91. The average molecular weight is 540 g/mol. The molecule has 9 nitrogen and oxygen atoms in total. The van der Waals surface area contributed by atoms with Gasteiger partial charge in [-0.05, 0) is 55.2 Å². The second kappa shape index (κ2) is 10.6. The molecule has 5 heterocycles. The second-order valence-corrected chi connectivity index (χ2v) is 10.9. The SMILES string of the molecule is O=C(O)c1ccc2nc(CN3CCN(c4ccc5c(n4)OC(c4ccccc4)CC5)CC3)n(CC3CCO3)c2c1. The van der Waals surface area contributed by atoms with Gasteiger partial charge in [0.25, 0.3) is 0 Å². The lowest BCUT2D eigenvalue weighted by Gasteiger charge is -2.36. The van der Waals surface area contributed by atoms with Crippen LogP contribution in [0.3, 0.4) is 0 Å². The Morgan fingerprint density at radius 3 is 2.55 bits per heavy atom. The van der Waals surface area contributed by atoms with Gasteiger partial charge in [-0.1, -0.05) is 30.3 Å². The van der Waals surface area contributed by atoms with E-state index < -0.39 is 5.97 Å². The van der Waals surface area contributed by atoms with Gasteiger partial charge >= 0.3 is 5.97 Å². The van der Waals surface area contributed by atoms with Gasteiger partial charge in [0.2, 0.25) is 5.88 Å². The molecule has 0 spiro atoms. The molecule has 0 radical (unpaired) electrons. The van der Waals surface area contributed by atoms with Crippen LogP contribution in [0.25, 0.3) is 11.0 Å². The lowest BCUT2D eigenvalue weighted by molar-refractivity contribution is -0.0592. The number of hydrogen-bond donors (Lipinski definition) is 1. The smallest absolute Gasteiger partial charge is 0.335 e. The number of ether oxygens (including phenoxy) is 2. The minimum absolute atomic E-state index is 0.0458. The van der Waals surface area contributed by atoms with Crippen molar-refractivity contribution in [2.45, 2.75) is 44.6 Å². The Labute approximate surface area is 233 Å². The van der Waals surface area contributed by atoms with Crippen molar-refractivity contribution in [3.8, 4) is 5.88 Å². The summed E-state index contributed by atoms with van der Waals surface area (Å²) in [7, 11) is 0. The van der Waals surface area contributed by atoms with Gasteiger partial charge in [-0.2, -0.15) is 4.98 Å². The summed E-state index contributed by atoms with van der Waals surface area (Å²) >= 11 is 0. The van der Waals surface area contributed by atoms with Crippen LogP contribution in [-0.2, 0) is 24.2 Å². The first-order valence-electron chi connectivity index (χ1n) is 14.1. The first kappa shape index (κ1) is 25.0.